The van der Waals surface area contributed by atoms with Crippen molar-refractivity contribution >= 4 is 11.3 Å². The second kappa shape index (κ2) is 6.50. The average molecular weight is 308 g/mol. The van der Waals surface area contributed by atoms with Gasteiger partial charge in [0, 0.05) is 10.9 Å². The van der Waals surface area contributed by atoms with Gasteiger partial charge in [-0.25, -0.2) is 9.37 Å². The van der Waals surface area contributed by atoms with Gasteiger partial charge in [-0.05, 0) is 24.1 Å². The first-order valence-electron chi connectivity index (χ1n) is 6.91. The van der Waals surface area contributed by atoms with Gasteiger partial charge in [-0.15, -0.1) is 11.3 Å². The van der Waals surface area contributed by atoms with E-state index in [1.54, 1.807) is 12.1 Å². The average Bonchev–Trinajstić information content (AvgIpc) is 3.05. The van der Waals surface area contributed by atoms with E-state index < -0.39 is 0 Å². The standard InChI is InChI=1S/C18H13FN2S/c19-16-8-6-13(7-9-16)10-15(11-20)18-21-17(12-22-18)14-4-2-1-3-5-14/h1-9,12,15H,10H2/t15-/m0/s1. The molecule has 0 saturated heterocycles. The quantitative estimate of drug-likeness (QED) is 0.694. The molecule has 3 rings (SSSR count). The first-order chi connectivity index (χ1) is 10.8. The van der Waals surface area contributed by atoms with E-state index in [0.29, 0.717) is 6.42 Å². The summed E-state index contributed by atoms with van der Waals surface area (Å²) in [5.41, 5.74) is 2.87. The Bertz CT molecular complexity index is 788. The van der Waals surface area contributed by atoms with E-state index in [2.05, 4.69) is 11.1 Å². The van der Waals surface area contributed by atoms with Crippen LogP contribution in [0.3, 0.4) is 0 Å². The number of thiazole rings is 1. The van der Waals surface area contributed by atoms with E-state index in [1.165, 1.54) is 23.5 Å². The summed E-state index contributed by atoms with van der Waals surface area (Å²) in [6.45, 7) is 0. The lowest BCUT2D eigenvalue weighted by atomic mass is 10.0. The van der Waals surface area contributed by atoms with E-state index in [4.69, 9.17) is 0 Å². The van der Waals surface area contributed by atoms with Crippen molar-refractivity contribution in [2.75, 3.05) is 0 Å². The van der Waals surface area contributed by atoms with Gasteiger partial charge in [0.05, 0.1) is 11.8 Å². The van der Waals surface area contributed by atoms with Crippen LogP contribution in [0.2, 0.25) is 0 Å². The molecule has 0 fully saturated rings. The zero-order chi connectivity index (χ0) is 15.4. The Hall–Kier alpha value is -2.51. The topological polar surface area (TPSA) is 36.7 Å². The number of aromatic nitrogens is 1. The summed E-state index contributed by atoms with van der Waals surface area (Å²) in [6, 6.07) is 18.5. The minimum absolute atomic E-state index is 0.266. The minimum atomic E-state index is -0.312. The fourth-order valence-electron chi connectivity index (χ4n) is 2.23. The van der Waals surface area contributed by atoms with Crippen LogP contribution in [0.1, 0.15) is 16.5 Å². The molecule has 0 unspecified atom stereocenters. The molecule has 0 bridgehead atoms. The van der Waals surface area contributed by atoms with Gasteiger partial charge >= 0.3 is 0 Å². The van der Waals surface area contributed by atoms with Crippen molar-refractivity contribution in [3.05, 3.63) is 76.4 Å². The number of halogens is 1. The maximum atomic E-state index is 12.9. The Morgan fingerprint density at radius 1 is 1.09 bits per heavy atom. The van der Waals surface area contributed by atoms with Crippen LogP contribution >= 0.6 is 11.3 Å². The Morgan fingerprint density at radius 2 is 1.82 bits per heavy atom. The van der Waals surface area contributed by atoms with E-state index in [9.17, 15) is 9.65 Å². The Labute approximate surface area is 132 Å². The number of nitriles is 1. The molecule has 2 nitrogen and oxygen atoms in total. The molecule has 2 aromatic carbocycles. The van der Waals surface area contributed by atoms with Crippen LogP contribution in [0.15, 0.2) is 60.0 Å². The van der Waals surface area contributed by atoms with Gasteiger partial charge in [-0.1, -0.05) is 42.5 Å². The third-order valence-corrected chi connectivity index (χ3v) is 4.36. The summed E-state index contributed by atoms with van der Waals surface area (Å²) in [4.78, 5) is 4.59. The Kier molecular flexibility index (Phi) is 4.27. The first-order valence-corrected chi connectivity index (χ1v) is 7.79. The van der Waals surface area contributed by atoms with Gasteiger partial charge < -0.3 is 0 Å². The van der Waals surface area contributed by atoms with Gasteiger partial charge in [0.25, 0.3) is 0 Å². The van der Waals surface area contributed by atoms with Gasteiger partial charge in [0.2, 0.25) is 0 Å². The summed E-state index contributed by atoms with van der Waals surface area (Å²) < 4.78 is 12.9. The van der Waals surface area contributed by atoms with Crippen LogP contribution < -0.4 is 0 Å². The second-order valence-electron chi connectivity index (χ2n) is 4.95. The van der Waals surface area contributed by atoms with E-state index >= 15 is 0 Å². The predicted molar refractivity (Wildman–Crippen MR) is 86.0 cm³/mol. The van der Waals surface area contributed by atoms with Crippen LogP contribution in [-0.2, 0) is 6.42 Å². The highest BCUT2D eigenvalue weighted by atomic mass is 32.1. The lowest BCUT2D eigenvalue weighted by Gasteiger charge is -2.06. The number of benzene rings is 2. The predicted octanol–water partition coefficient (Wildman–Crippen LogP) is 4.80. The number of rotatable bonds is 4. The van der Waals surface area contributed by atoms with Crippen LogP contribution in [0.25, 0.3) is 11.3 Å². The normalized spacial score (nSPS) is 11.8. The third kappa shape index (κ3) is 3.21. The molecular weight excluding hydrogens is 295 g/mol. The molecule has 3 aromatic rings. The van der Waals surface area contributed by atoms with Crippen LogP contribution in [0.5, 0.6) is 0 Å². The molecule has 0 aliphatic carbocycles. The SMILES string of the molecule is N#C[C@H](Cc1ccc(F)cc1)c1nc(-c2ccccc2)cs1. The molecule has 0 aliphatic heterocycles. The number of hydrogen-bond donors (Lipinski definition) is 0. The maximum absolute atomic E-state index is 12.9. The molecule has 4 heteroatoms. The third-order valence-electron chi connectivity index (χ3n) is 3.40. The highest BCUT2D eigenvalue weighted by Gasteiger charge is 2.16. The van der Waals surface area contributed by atoms with E-state index in [1.807, 2.05) is 35.7 Å². The van der Waals surface area contributed by atoms with E-state index in [0.717, 1.165) is 21.8 Å². The molecule has 0 saturated carbocycles. The van der Waals surface area contributed by atoms with Crippen molar-refractivity contribution < 1.29 is 4.39 Å². The van der Waals surface area contributed by atoms with Gasteiger partial charge in [-0.3, -0.25) is 0 Å². The molecule has 22 heavy (non-hydrogen) atoms. The fourth-order valence-corrected chi connectivity index (χ4v) is 3.11. The smallest absolute Gasteiger partial charge is 0.123 e. The van der Waals surface area contributed by atoms with Crippen molar-refractivity contribution in [1.82, 2.24) is 4.98 Å². The highest BCUT2D eigenvalue weighted by molar-refractivity contribution is 7.10. The van der Waals surface area contributed by atoms with Crippen LogP contribution in [0.4, 0.5) is 4.39 Å². The Balaban J connectivity index is 1.81. The van der Waals surface area contributed by atoms with Crippen molar-refractivity contribution in [2.24, 2.45) is 0 Å². The molecule has 0 amide bonds. The number of nitrogens with zero attached hydrogens (tertiary/aromatic N) is 2. The molecular formula is C18H13FN2S. The van der Waals surface area contributed by atoms with Gasteiger partial charge in [0.1, 0.15) is 16.7 Å². The fraction of sp³-hybridized carbons (Fsp3) is 0.111. The lowest BCUT2D eigenvalue weighted by Crippen LogP contribution is -2.00. The molecule has 108 valence electrons. The second-order valence-corrected chi connectivity index (χ2v) is 5.84. The molecule has 1 aromatic heterocycles. The summed E-state index contributed by atoms with van der Waals surface area (Å²) in [7, 11) is 0. The van der Waals surface area contributed by atoms with Crippen LogP contribution in [0, 0.1) is 17.1 Å². The summed E-state index contributed by atoms with van der Waals surface area (Å²) >= 11 is 1.49. The lowest BCUT2D eigenvalue weighted by molar-refractivity contribution is 0.626. The summed E-state index contributed by atoms with van der Waals surface area (Å²) in [6.07, 6.45) is 0.540. The van der Waals surface area contributed by atoms with Crippen LogP contribution in [-0.4, -0.2) is 4.98 Å². The van der Waals surface area contributed by atoms with Gasteiger partial charge in [-0.2, -0.15) is 5.26 Å². The molecule has 0 aliphatic rings. The minimum Gasteiger partial charge on any atom is -0.240 e. The zero-order valence-corrected chi connectivity index (χ0v) is 12.6. The largest absolute Gasteiger partial charge is 0.240 e. The maximum Gasteiger partial charge on any atom is 0.123 e. The molecule has 1 heterocycles. The van der Waals surface area contributed by atoms with E-state index in [-0.39, 0.29) is 11.7 Å². The molecule has 1 atom stereocenters. The molecule has 0 radical (unpaired) electrons. The number of hydrogen-bond acceptors (Lipinski definition) is 3. The zero-order valence-electron chi connectivity index (χ0n) is 11.7. The highest BCUT2D eigenvalue weighted by Crippen LogP contribution is 2.28. The Morgan fingerprint density at radius 3 is 2.50 bits per heavy atom. The van der Waals surface area contributed by atoms with Crippen molar-refractivity contribution in [1.29, 1.82) is 5.26 Å². The van der Waals surface area contributed by atoms with Gasteiger partial charge in [0.15, 0.2) is 0 Å². The molecule has 0 N–H and O–H groups in total. The molecule has 0 spiro atoms. The first kappa shape index (κ1) is 14.4. The van der Waals surface area contributed by atoms with Crippen molar-refractivity contribution in [3.8, 4) is 17.3 Å². The monoisotopic (exact) mass is 308 g/mol. The van der Waals surface area contributed by atoms with Crippen molar-refractivity contribution in [3.63, 3.8) is 0 Å². The summed E-state index contributed by atoms with van der Waals surface area (Å²) in [5.74, 6) is -0.578. The summed E-state index contributed by atoms with van der Waals surface area (Å²) in [5, 5.41) is 12.2. The van der Waals surface area contributed by atoms with Crippen molar-refractivity contribution in [2.45, 2.75) is 12.3 Å².